The highest BCUT2D eigenvalue weighted by atomic mass is 16.4. The van der Waals surface area contributed by atoms with Crippen molar-refractivity contribution in [1.82, 2.24) is 4.90 Å². The van der Waals surface area contributed by atoms with Crippen LogP contribution in [0.1, 0.15) is 66.7 Å². The second-order valence-electron chi connectivity index (χ2n) is 7.87. The standard InChI is InChI=1S/C16H31NO2/c1-15(2,3)12-7-9-13(10-8-12)17(6)16(4,5)11-14(18)19/h12-13H,7-11H2,1-6H3,(H,18,19). The summed E-state index contributed by atoms with van der Waals surface area (Å²) in [6.45, 7) is 11.1. The van der Waals surface area contributed by atoms with E-state index in [1.807, 2.05) is 13.8 Å². The van der Waals surface area contributed by atoms with Crippen LogP contribution in [-0.4, -0.2) is 34.6 Å². The highest BCUT2D eigenvalue weighted by molar-refractivity contribution is 5.68. The first-order valence-corrected chi connectivity index (χ1v) is 7.49. The zero-order valence-electron chi connectivity index (χ0n) is 13.5. The van der Waals surface area contributed by atoms with Crippen molar-refractivity contribution in [2.45, 2.75) is 78.3 Å². The van der Waals surface area contributed by atoms with Gasteiger partial charge in [-0.25, -0.2) is 0 Å². The molecule has 1 fully saturated rings. The Kier molecular flexibility index (Phi) is 5.05. The van der Waals surface area contributed by atoms with E-state index in [0.29, 0.717) is 11.5 Å². The van der Waals surface area contributed by atoms with Gasteiger partial charge in [0.05, 0.1) is 6.42 Å². The van der Waals surface area contributed by atoms with Gasteiger partial charge in [0.2, 0.25) is 0 Å². The predicted molar refractivity (Wildman–Crippen MR) is 79.3 cm³/mol. The number of carboxylic acids is 1. The van der Waals surface area contributed by atoms with Crippen LogP contribution in [0, 0.1) is 11.3 Å². The van der Waals surface area contributed by atoms with Crippen molar-refractivity contribution < 1.29 is 9.90 Å². The summed E-state index contributed by atoms with van der Waals surface area (Å²) < 4.78 is 0. The molecular formula is C16H31NO2. The van der Waals surface area contributed by atoms with Crippen LogP contribution in [0.15, 0.2) is 0 Å². The fourth-order valence-corrected chi connectivity index (χ4v) is 3.32. The molecule has 0 aliphatic heterocycles. The van der Waals surface area contributed by atoms with E-state index in [4.69, 9.17) is 5.11 Å². The molecule has 1 aliphatic rings. The van der Waals surface area contributed by atoms with Crippen LogP contribution in [0.2, 0.25) is 0 Å². The second kappa shape index (κ2) is 5.82. The van der Waals surface area contributed by atoms with Crippen molar-refractivity contribution in [2.24, 2.45) is 11.3 Å². The number of hydrogen-bond donors (Lipinski definition) is 1. The van der Waals surface area contributed by atoms with Crippen LogP contribution in [0.25, 0.3) is 0 Å². The molecule has 19 heavy (non-hydrogen) atoms. The van der Waals surface area contributed by atoms with E-state index in [-0.39, 0.29) is 12.0 Å². The largest absolute Gasteiger partial charge is 0.481 e. The third-order valence-corrected chi connectivity index (χ3v) is 5.01. The second-order valence-corrected chi connectivity index (χ2v) is 7.87. The molecule has 1 saturated carbocycles. The fraction of sp³-hybridized carbons (Fsp3) is 0.938. The smallest absolute Gasteiger partial charge is 0.305 e. The minimum atomic E-state index is -0.708. The van der Waals surface area contributed by atoms with Crippen LogP contribution in [-0.2, 0) is 4.79 Å². The zero-order chi connectivity index (χ0) is 14.8. The van der Waals surface area contributed by atoms with E-state index in [2.05, 4.69) is 32.7 Å². The lowest BCUT2D eigenvalue weighted by Gasteiger charge is -2.45. The molecule has 0 aromatic carbocycles. The van der Waals surface area contributed by atoms with Gasteiger partial charge in [0, 0.05) is 11.6 Å². The molecule has 0 spiro atoms. The fourth-order valence-electron chi connectivity index (χ4n) is 3.32. The van der Waals surface area contributed by atoms with Crippen molar-refractivity contribution in [3.05, 3.63) is 0 Å². The van der Waals surface area contributed by atoms with Gasteiger partial charge in [0.15, 0.2) is 0 Å². The van der Waals surface area contributed by atoms with Gasteiger partial charge in [-0.1, -0.05) is 20.8 Å². The summed E-state index contributed by atoms with van der Waals surface area (Å²) in [6, 6.07) is 0.535. The van der Waals surface area contributed by atoms with Crippen LogP contribution in [0.4, 0.5) is 0 Å². The van der Waals surface area contributed by atoms with E-state index < -0.39 is 5.97 Å². The minimum Gasteiger partial charge on any atom is -0.481 e. The van der Waals surface area contributed by atoms with Gasteiger partial charge in [-0.2, -0.15) is 0 Å². The van der Waals surface area contributed by atoms with Crippen molar-refractivity contribution in [1.29, 1.82) is 0 Å². The Hall–Kier alpha value is -0.570. The topological polar surface area (TPSA) is 40.5 Å². The van der Waals surface area contributed by atoms with Crippen molar-refractivity contribution in [2.75, 3.05) is 7.05 Å². The number of nitrogens with zero attached hydrogens (tertiary/aromatic N) is 1. The molecule has 1 N–H and O–H groups in total. The third-order valence-electron chi connectivity index (χ3n) is 5.01. The first kappa shape index (κ1) is 16.5. The monoisotopic (exact) mass is 269 g/mol. The molecule has 0 bridgehead atoms. The first-order valence-electron chi connectivity index (χ1n) is 7.49. The van der Waals surface area contributed by atoms with Gasteiger partial charge in [-0.15, -0.1) is 0 Å². The zero-order valence-corrected chi connectivity index (χ0v) is 13.5. The van der Waals surface area contributed by atoms with Crippen LogP contribution < -0.4 is 0 Å². The lowest BCUT2D eigenvalue weighted by atomic mass is 9.71. The molecule has 0 heterocycles. The molecule has 0 saturated heterocycles. The maximum atomic E-state index is 11.0. The molecule has 112 valence electrons. The molecule has 3 nitrogen and oxygen atoms in total. The number of carbonyl (C=O) groups is 1. The Morgan fingerprint density at radius 1 is 1.11 bits per heavy atom. The van der Waals surface area contributed by atoms with Crippen molar-refractivity contribution in [3.63, 3.8) is 0 Å². The van der Waals surface area contributed by atoms with E-state index in [0.717, 1.165) is 5.92 Å². The average molecular weight is 269 g/mol. The number of aliphatic carboxylic acids is 1. The summed E-state index contributed by atoms with van der Waals surface area (Å²) in [4.78, 5) is 13.3. The molecule has 0 aromatic rings. The van der Waals surface area contributed by atoms with Gasteiger partial charge < -0.3 is 5.11 Å². The molecule has 0 radical (unpaired) electrons. The van der Waals surface area contributed by atoms with E-state index in [1.165, 1.54) is 25.7 Å². The minimum absolute atomic E-state index is 0.211. The molecule has 0 aromatic heterocycles. The molecular weight excluding hydrogens is 238 g/mol. The van der Waals surface area contributed by atoms with Gasteiger partial charge in [0.1, 0.15) is 0 Å². The Morgan fingerprint density at radius 2 is 1.58 bits per heavy atom. The van der Waals surface area contributed by atoms with E-state index in [9.17, 15) is 4.79 Å². The SMILES string of the molecule is CN(C1CCC(C(C)(C)C)CC1)C(C)(C)CC(=O)O. The molecule has 0 unspecified atom stereocenters. The van der Waals surface area contributed by atoms with E-state index >= 15 is 0 Å². The molecule has 0 atom stereocenters. The lowest BCUT2D eigenvalue weighted by Crippen LogP contribution is -2.50. The Labute approximate surface area is 118 Å². The highest BCUT2D eigenvalue weighted by Crippen LogP contribution is 2.40. The van der Waals surface area contributed by atoms with Gasteiger partial charge in [-0.3, -0.25) is 9.69 Å². The number of rotatable bonds is 4. The Bertz CT molecular complexity index is 309. The summed E-state index contributed by atoms with van der Waals surface area (Å²) >= 11 is 0. The summed E-state index contributed by atoms with van der Waals surface area (Å²) in [5, 5.41) is 9.02. The molecule has 1 aliphatic carbocycles. The predicted octanol–water partition coefficient (Wildman–Crippen LogP) is 3.78. The lowest BCUT2D eigenvalue weighted by molar-refractivity contribution is -0.140. The van der Waals surface area contributed by atoms with Crippen molar-refractivity contribution in [3.8, 4) is 0 Å². The third kappa shape index (κ3) is 4.48. The molecule has 1 rings (SSSR count). The Balaban J connectivity index is 2.57. The quantitative estimate of drug-likeness (QED) is 0.844. The first-order chi connectivity index (χ1) is 8.54. The maximum Gasteiger partial charge on any atom is 0.305 e. The maximum absolute atomic E-state index is 11.0. The summed E-state index contributed by atoms with van der Waals surface area (Å²) in [7, 11) is 2.09. The number of hydrogen-bond acceptors (Lipinski definition) is 2. The summed E-state index contributed by atoms with van der Waals surface area (Å²) in [5.74, 6) is 0.0972. The van der Waals surface area contributed by atoms with Gasteiger partial charge in [-0.05, 0) is 57.9 Å². The summed E-state index contributed by atoms with van der Waals surface area (Å²) in [5.41, 5.74) is 0.144. The van der Waals surface area contributed by atoms with Crippen LogP contribution >= 0.6 is 0 Å². The van der Waals surface area contributed by atoms with Gasteiger partial charge in [0.25, 0.3) is 0 Å². The molecule has 0 amide bonds. The Morgan fingerprint density at radius 3 is 1.95 bits per heavy atom. The highest BCUT2D eigenvalue weighted by Gasteiger charge is 2.36. The van der Waals surface area contributed by atoms with E-state index in [1.54, 1.807) is 0 Å². The van der Waals surface area contributed by atoms with Crippen LogP contribution in [0.3, 0.4) is 0 Å². The van der Waals surface area contributed by atoms with Crippen LogP contribution in [0.5, 0.6) is 0 Å². The van der Waals surface area contributed by atoms with Gasteiger partial charge >= 0.3 is 5.97 Å². The normalized spacial score (nSPS) is 25.6. The van der Waals surface area contributed by atoms with Crippen molar-refractivity contribution >= 4 is 5.97 Å². The average Bonchev–Trinajstić information content (AvgIpc) is 2.25. The summed E-state index contributed by atoms with van der Waals surface area (Å²) in [6.07, 6.45) is 5.13. The molecule has 3 heteroatoms. The number of carboxylic acid groups (broad SMARTS) is 1.